The van der Waals surface area contributed by atoms with Crippen molar-refractivity contribution >= 4 is 21.6 Å². The Hall–Kier alpha value is -2.62. The molecule has 2 fully saturated rings. The van der Waals surface area contributed by atoms with Crippen LogP contribution in [0, 0.1) is 46.8 Å². The summed E-state index contributed by atoms with van der Waals surface area (Å²) in [6, 6.07) is 6.82. The molecule has 2 heterocycles. The maximum absolute atomic E-state index is 11.8. The molecule has 0 bridgehead atoms. The highest BCUT2D eigenvalue weighted by molar-refractivity contribution is 8.76. The van der Waals surface area contributed by atoms with E-state index in [4.69, 9.17) is 18.9 Å². The number of methoxy groups -OCH3 is 1. The van der Waals surface area contributed by atoms with Gasteiger partial charge < -0.3 is 65.1 Å². The van der Waals surface area contributed by atoms with Crippen LogP contribution in [0.2, 0.25) is 0 Å². The predicted molar refractivity (Wildman–Crippen MR) is 245 cm³/mol. The summed E-state index contributed by atoms with van der Waals surface area (Å²) in [5.41, 5.74) is 2.19. The molecule has 13 nitrogen and oxygen atoms in total. The zero-order valence-electron chi connectivity index (χ0n) is 37.0. The first-order valence-corrected chi connectivity index (χ1v) is 25.4. The number of hydrogen-bond acceptors (Lipinski definition) is 15. The van der Waals surface area contributed by atoms with Crippen LogP contribution in [0.4, 0.5) is 0 Å². The van der Waals surface area contributed by atoms with Crippen LogP contribution in [0.3, 0.4) is 0 Å². The van der Waals surface area contributed by atoms with E-state index in [1.165, 1.54) is 35.1 Å². The van der Waals surface area contributed by atoms with Gasteiger partial charge in [0.15, 0.2) is 29.8 Å². The fourth-order valence-corrected chi connectivity index (χ4v) is 13.9. The van der Waals surface area contributed by atoms with Crippen molar-refractivity contribution in [3.63, 3.8) is 0 Å². The molecule has 2 aromatic carbocycles. The lowest BCUT2D eigenvalue weighted by Gasteiger charge is -2.53. The van der Waals surface area contributed by atoms with Gasteiger partial charge in [0.1, 0.15) is 6.79 Å². The molecule has 2 aliphatic heterocycles. The van der Waals surface area contributed by atoms with E-state index in [9.17, 15) is 40.9 Å². The highest BCUT2D eigenvalue weighted by Crippen LogP contribution is 2.56. The van der Waals surface area contributed by atoms with Gasteiger partial charge in [0.2, 0.25) is 5.75 Å². The van der Waals surface area contributed by atoms with Crippen molar-refractivity contribution in [1.82, 2.24) is 5.32 Å². The Morgan fingerprint density at radius 1 is 0.873 bits per heavy atom. The van der Waals surface area contributed by atoms with Gasteiger partial charge in [-0.3, -0.25) is 0 Å². The summed E-state index contributed by atoms with van der Waals surface area (Å²) in [5.74, 6) is 9.01. The van der Waals surface area contributed by atoms with Gasteiger partial charge in [-0.2, -0.15) is 0 Å². The molecule has 2 saturated carbocycles. The molecule has 352 valence electrons. The maximum atomic E-state index is 11.8. The molecule has 0 radical (unpaired) electrons. The van der Waals surface area contributed by atoms with E-state index in [1.54, 1.807) is 18.2 Å². The standard InChI is InChI=1S/C48H71NO12S2/c1-30-7-10-34(6-5-16-50)48(25-30)14-3-4-15-49-26-33-9-12-36(22-39(33)48)61-43-21-32-8-11-35(59-28-52)23-40(54)38(18-31-19-44(58-2)47(57)45(20-31)60-29-53)42(56)27-62-63-46(13-17-51)37(32)24-41(43)55/h19-21,24,30,33-36,38-40,42,46,49-57H,4-13,15-18,22-23,25-29H2,1-2H3. The van der Waals surface area contributed by atoms with Crippen molar-refractivity contribution in [2.45, 2.75) is 126 Å². The fraction of sp³-hybridized carbons (Fsp3) is 0.708. The van der Waals surface area contributed by atoms with Crippen LogP contribution in [-0.4, -0.2) is 118 Å². The minimum absolute atomic E-state index is 0.00306. The van der Waals surface area contributed by atoms with Gasteiger partial charge in [-0.25, -0.2) is 0 Å². The number of aryl methyl sites for hydroxylation is 1. The first-order chi connectivity index (χ1) is 30.5. The lowest BCUT2D eigenvalue weighted by Crippen LogP contribution is -2.50. The fourth-order valence-electron chi connectivity index (χ4n) is 11.0. The monoisotopic (exact) mass is 917 g/mol. The molecule has 1 spiro atoms. The average Bonchev–Trinajstić information content (AvgIpc) is 3.35. The largest absolute Gasteiger partial charge is 0.504 e. The number of aliphatic hydroxyl groups is 6. The molecule has 2 aliphatic carbocycles. The summed E-state index contributed by atoms with van der Waals surface area (Å²) in [5, 5.41) is 88.7. The van der Waals surface area contributed by atoms with E-state index in [2.05, 4.69) is 24.1 Å². The minimum atomic E-state index is -1.07. The molecule has 0 amide bonds. The molecule has 11 atom stereocenters. The Balaban J connectivity index is 1.27. The topological polar surface area (TPSA) is 211 Å². The second kappa shape index (κ2) is 24.2. The first kappa shape index (κ1) is 49.8. The number of nitrogens with one attached hydrogen (secondary N) is 1. The quantitative estimate of drug-likeness (QED) is 0.0619. The number of hydrogen-bond donors (Lipinski definition) is 9. The summed E-state index contributed by atoms with van der Waals surface area (Å²) < 4.78 is 23.3. The van der Waals surface area contributed by atoms with E-state index in [0.717, 1.165) is 75.6 Å². The van der Waals surface area contributed by atoms with Crippen molar-refractivity contribution in [2.24, 2.45) is 35.0 Å². The summed E-state index contributed by atoms with van der Waals surface area (Å²) in [6.45, 7) is 3.01. The van der Waals surface area contributed by atoms with Gasteiger partial charge in [0.25, 0.3) is 0 Å². The smallest absolute Gasteiger partial charge is 0.200 e. The normalized spacial score (nSPS) is 31.9. The average molecular weight is 918 g/mol. The summed E-state index contributed by atoms with van der Waals surface area (Å²) >= 11 is 0. The number of aromatic hydroxyl groups is 2. The lowest BCUT2D eigenvalue weighted by molar-refractivity contribution is -0.0808. The van der Waals surface area contributed by atoms with Crippen molar-refractivity contribution in [3.8, 4) is 40.6 Å². The Labute approximate surface area is 381 Å². The number of aliphatic hydroxyl groups excluding tert-OH is 6. The van der Waals surface area contributed by atoms with Gasteiger partial charge in [-0.05, 0) is 148 Å². The second-order valence-electron chi connectivity index (χ2n) is 18.2. The molecule has 63 heavy (non-hydrogen) atoms. The number of phenols is 2. The van der Waals surface area contributed by atoms with E-state index >= 15 is 0 Å². The van der Waals surface area contributed by atoms with Crippen LogP contribution in [-0.2, 0) is 17.6 Å². The van der Waals surface area contributed by atoms with Crippen LogP contribution in [0.25, 0.3) is 0 Å². The number of ether oxygens (including phenoxy) is 4. The molecule has 2 aromatic rings. The van der Waals surface area contributed by atoms with Crippen molar-refractivity contribution in [3.05, 3.63) is 41.0 Å². The van der Waals surface area contributed by atoms with Crippen LogP contribution in [0.15, 0.2) is 24.3 Å². The minimum Gasteiger partial charge on any atom is -0.504 e. The van der Waals surface area contributed by atoms with E-state index in [-0.39, 0.29) is 71.6 Å². The number of phenolic OH excluding ortho intramolecular Hbond substituents is 2. The highest BCUT2D eigenvalue weighted by atomic mass is 33.1. The van der Waals surface area contributed by atoms with Crippen molar-refractivity contribution in [1.29, 1.82) is 0 Å². The van der Waals surface area contributed by atoms with Crippen molar-refractivity contribution in [2.75, 3.05) is 52.8 Å². The lowest BCUT2D eigenvalue weighted by atomic mass is 9.51. The SMILES string of the molecule is COc1cc(CC2C(O)CSSC(CCO)c3cc(O)c(OC4CCC5CNCCC#CC6(CC(C)CCC6CCCO)C5C4)cc3CCC(OCO)CC2O)cc(OCO)c1O. The number of rotatable bonds is 14. The zero-order valence-corrected chi connectivity index (χ0v) is 38.6. The van der Waals surface area contributed by atoms with Crippen molar-refractivity contribution < 1.29 is 59.8 Å². The van der Waals surface area contributed by atoms with Gasteiger partial charge in [-0.15, -0.1) is 5.92 Å². The molecule has 4 aliphatic rings. The molecular formula is C48H71NO12S2. The Kier molecular flexibility index (Phi) is 19.2. The van der Waals surface area contributed by atoms with E-state index in [1.807, 2.05) is 6.07 Å². The third-order valence-corrected chi connectivity index (χ3v) is 17.0. The van der Waals surface area contributed by atoms with Gasteiger partial charge >= 0.3 is 0 Å². The first-order valence-electron chi connectivity index (χ1n) is 23.0. The third kappa shape index (κ3) is 12.6. The Morgan fingerprint density at radius 3 is 2.46 bits per heavy atom. The summed E-state index contributed by atoms with van der Waals surface area (Å²) in [6.07, 6.45) is 7.26. The van der Waals surface area contributed by atoms with Gasteiger partial charge in [0.05, 0.1) is 31.5 Å². The molecule has 6 rings (SSSR count). The van der Waals surface area contributed by atoms with Crippen LogP contribution < -0.4 is 19.5 Å². The Morgan fingerprint density at radius 2 is 1.70 bits per heavy atom. The Bertz CT molecular complexity index is 1810. The number of fused-ring (bicyclic) bond motifs is 3. The number of benzene rings is 2. The van der Waals surface area contributed by atoms with Gasteiger partial charge in [-0.1, -0.05) is 40.9 Å². The molecule has 15 heteroatoms. The molecule has 0 aromatic heterocycles. The molecule has 0 saturated heterocycles. The van der Waals surface area contributed by atoms with E-state index < -0.39 is 37.8 Å². The molecular weight excluding hydrogens is 847 g/mol. The van der Waals surface area contributed by atoms with Crippen LogP contribution in [0.5, 0.6) is 28.7 Å². The van der Waals surface area contributed by atoms with Crippen LogP contribution in [0.1, 0.15) is 106 Å². The van der Waals surface area contributed by atoms with Gasteiger partial charge in [0, 0.05) is 48.5 Å². The molecule has 11 unspecified atom stereocenters. The van der Waals surface area contributed by atoms with Crippen LogP contribution >= 0.6 is 21.6 Å². The second-order valence-corrected chi connectivity index (χ2v) is 20.8. The molecule has 9 N–H and O–H groups in total. The maximum Gasteiger partial charge on any atom is 0.200 e. The van der Waals surface area contributed by atoms with E-state index in [0.29, 0.717) is 54.2 Å². The summed E-state index contributed by atoms with van der Waals surface area (Å²) in [4.78, 5) is 0. The third-order valence-electron chi connectivity index (χ3n) is 14.1. The highest BCUT2D eigenvalue weighted by Gasteiger charge is 2.52. The summed E-state index contributed by atoms with van der Waals surface area (Å²) in [7, 11) is 4.31. The predicted octanol–water partition coefficient (Wildman–Crippen LogP) is 5.85. The zero-order chi connectivity index (χ0) is 44.9.